The lowest BCUT2D eigenvalue weighted by molar-refractivity contribution is 0.0971. The molecule has 2 aromatic rings. The molecule has 0 fully saturated rings. The van der Waals surface area contributed by atoms with Crippen molar-refractivity contribution in [1.29, 1.82) is 0 Å². The fourth-order valence-corrected chi connectivity index (χ4v) is 2.90. The zero-order valence-corrected chi connectivity index (χ0v) is 12.2. The number of rotatable bonds is 2. The predicted molar refractivity (Wildman–Crippen MR) is 81.9 cm³/mol. The summed E-state index contributed by atoms with van der Waals surface area (Å²) in [6, 6.07) is 7.64. The monoisotopic (exact) mass is 282 g/mol. The number of fused-ring (bicyclic) bond motifs is 1. The van der Waals surface area contributed by atoms with Crippen LogP contribution in [0.15, 0.2) is 24.3 Å². The molecule has 1 amide bonds. The van der Waals surface area contributed by atoms with Crippen LogP contribution in [0.4, 0.5) is 5.69 Å². The van der Waals surface area contributed by atoms with Crippen molar-refractivity contribution in [3.63, 3.8) is 0 Å². The zero-order valence-electron chi connectivity index (χ0n) is 12.2. The number of amides is 1. The molecular weight excluding hydrogens is 264 g/mol. The van der Waals surface area contributed by atoms with Crippen LogP contribution in [-0.4, -0.2) is 16.7 Å². The molecule has 0 spiro atoms. The van der Waals surface area contributed by atoms with Crippen LogP contribution < -0.4 is 5.32 Å². The maximum absolute atomic E-state index is 12.5. The topological polar surface area (TPSA) is 62.0 Å². The molecule has 0 bridgehead atoms. The number of aryl methyl sites for hydroxylation is 2. The van der Waals surface area contributed by atoms with E-state index in [0.29, 0.717) is 12.1 Å². The number of carbonyl (C=O) groups excluding carboxylic acids is 2. The molecule has 0 saturated carbocycles. The second-order valence-electron chi connectivity index (χ2n) is 5.52. The number of carbonyl (C=O) groups is 2. The molecule has 0 saturated heterocycles. The Morgan fingerprint density at radius 1 is 1.19 bits per heavy atom. The zero-order chi connectivity index (χ0) is 15.0. The second kappa shape index (κ2) is 5.20. The highest BCUT2D eigenvalue weighted by molar-refractivity contribution is 6.08. The van der Waals surface area contributed by atoms with E-state index in [1.807, 2.05) is 38.1 Å². The van der Waals surface area contributed by atoms with Gasteiger partial charge in [-0.05, 0) is 43.9 Å². The number of para-hydroxylation sites is 1. The van der Waals surface area contributed by atoms with Crippen molar-refractivity contribution in [2.24, 2.45) is 0 Å². The average Bonchev–Trinajstić information content (AvgIpc) is 2.80. The van der Waals surface area contributed by atoms with Crippen molar-refractivity contribution >= 4 is 17.4 Å². The Kier molecular flexibility index (Phi) is 3.37. The van der Waals surface area contributed by atoms with E-state index in [1.165, 1.54) is 0 Å². The lowest BCUT2D eigenvalue weighted by atomic mass is 9.94. The molecule has 4 nitrogen and oxygen atoms in total. The van der Waals surface area contributed by atoms with Gasteiger partial charge in [-0.2, -0.15) is 0 Å². The van der Waals surface area contributed by atoms with Gasteiger partial charge in [0.15, 0.2) is 5.78 Å². The summed E-state index contributed by atoms with van der Waals surface area (Å²) < 4.78 is 0. The third-order valence-electron chi connectivity index (χ3n) is 4.06. The third kappa shape index (κ3) is 2.37. The van der Waals surface area contributed by atoms with Gasteiger partial charge in [0.25, 0.3) is 5.91 Å². The summed E-state index contributed by atoms with van der Waals surface area (Å²) in [4.78, 5) is 27.6. The minimum absolute atomic E-state index is 0.139. The Morgan fingerprint density at radius 2 is 1.95 bits per heavy atom. The number of hydrogen-bond donors (Lipinski definition) is 2. The third-order valence-corrected chi connectivity index (χ3v) is 4.06. The molecule has 1 aliphatic carbocycles. The maximum Gasteiger partial charge on any atom is 0.272 e. The quantitative estimate of drug-likeness (QED) is 0.886. The van der Waals surface area contributed by atoms with E-state index in [1.54, 1.807) is 0 Å². The molecule has 1 aliphatic rings. The first-order valence-electron chi connectivity index (χ1n) is 7.19. The first kappa shape index (κ1) is 13.6. The minimum Gasteiger partial charge on any atom is -0.354 e. The van der Waals surface area contributed by atoms with E-state index < -0.39 is 0 Å². The Balaban J connectivity index is 1.93. The largest absolute Gasteiger partial charge is 0.354 e. The lowest BCUT2D eigenvalue weighted by Crippen LogP contribution is -2.14. The van der Waals surface area contributed by atoms with Gasteiger partial charge in [-0.25, -0.2) is 0 Å². The summed E-state index contributed by atoms with van der Waals surface area (Å²) in [7, 11) is 0. The molecule has 0 atom stereocenters. The molecular formula is C17H18N2O2. The van der Waals surface area contributed by atoms with Crippen LogP contribution in [0.2, 0.25) is 0 Å². The normalized spacial score (nSPS) is 13.9. The predicted octanol–water partition coefficient (Wildman–Crippen LogP) is 3.40. The van der Waals surface area contributed by atoms with Crippen LogP contribution >= 0.6 is 0 Å². The van der Waals surface area contributed by atoms with E-state index in [4.69, 9.17) is 0 Å². The van der Waals surface area contributed by atoms with Crippen LogP contribution in [0, 0.1) is 13.8 Å². The highest BCUT2D eigenvalue weighted by Crippen LogP contribution is 2.27. The highest BCUT2D eigenvalue weighted by Gasteiger charge is 2.26. The van der Waals surface area contributed by atoms with E-state index >= 15 is 0 Å². The van der Waals surface area contributed by atoms with Gasteiger partial charge in [-0.15, -0.1) is 0 Å². The number of Topliss-reactive ketones (excluding diaryl/α,β-unsaturated/α-hetero) is 1. The molecule has 0 unspecified atom stereocenters. The van der Waals surface area contributed by atoms with Crippen LogP contribution in [0.3, 0.4) is 0 Å². The molecule has 4 heteroatoms. The number of H-pyrrole nitrogens is 1. The summed E-state index contributed by atoms with van der Waals surface area (Å²) in [5.41, 5.74) is 4.69. The van der Waals surface area contributed by atoms with Crippen molar-refractivity contribution < 1.29 is 9.59 Å². The van der Waals surface area contributed by atoms with E-state index in [-0.39, 0.29) is 11.7 Å². The van der Waals surface area contributed by atoms with Crippen molar-refractivity contribution in [3.8, 4) is 0 Å². The fraction of sp³-hybridized carbons (Fsp3) is 0.294. The highest BCUT2D eigenvalue weighted by atomic mass is 16.2. The number of benzene rings is 1. The van der Waals surface area contributed by atoms with Crippen molar-refractivity contribution in [3.05, 3.63) is 52.3 Å². The molecule has 1 heterocycles. The summed E-state index contributed by atoms with van der Waals surface area (Å²) in [5.74, 6) is -0.0519. The number of aromatic nitrogens is 1. The number of aromatic amines is 1. The fourth-order valence-electron chi connectivity index (χ4n) is 2.90. The van der Waals surface area contributed by atoms with Gasteiger partial charge < -0.3 is 10.3 Å². The standard InChI is InChI=1S/C17H18N2O2/c1-10-6-3-4-7-12(10)19-17(21)16-11(2)15-13(18-16)8-5-9-14(15)20/h3-4,6-7,18H,5,8-9H2,1-2H3,(H,19,21). The van der Waals surface area contributed by atoms with E-state index in [9.17, 15) is 9.59 Å². The number of ketones is 1. The molecule has 108 valence electrons. The van der Waals surface area contributed by atoms with Gasteiger partial charge in [0.05, 0.1) is 0 Å². The number of hydrogen-bond acceptors (Lipinski definition) is 2. The summed E-state index contributed by atoms with van der Waals surface area (Å²) in [6.45, 7) is 3.79. The van der Waals surface area contributed by atoms with E-state index in [0.717, 1.165) is 40.9 Å². The SMILES string of the molecule is Cc1ccccc1NC(=O)c1[nH]c2c(c1C)C(=O)CCC2. The van der Waals surface area contributed by atoms with Gasteiger partial charge >= 0.3 is 0 Å². The Morgan fingerprint density at radius 3 is 2.67 bits per heavy atom. The smallest absolute Gasteiger partial charge is 0.272 e. The average molecular weight is 282 g/mol. The first-order valence-corrected chi connectivity index (χ1v) is 7.19. The maximum atomic E-state index is 12.5. The number of anilines is 1. The Hall–Kier alpha value is -2.36. The second-order valence-corrected chi connectivity index (χ2v) is 5.52. The van der Waals surface area contributed by atoms with Crippen molar-refractivity contribution in [1.82, 2.24) is 4.98 Å². The van der Waals surface area contributed by atoms with Gasteiger partial charge in [0, 0.05) is 23.4 Å². The molecule has 21 heavy (non-hydrogen) atoms. The summed E-state index contributed by atoms with van der Waals surface area (Å²) in [5, 5.41) is 2.91. The van der Waals surface area contributed by atoms with Crippen molar-refractivity contribution in [2.75, 3.05) is 5.32 Å². The molecule has 0 radical (unpaired) electrons. The lowest BCUT2D eigenvalue weighted by Gasteiger charge is -2.09. The first-order chi connectivity index (χ1) is 10.1. The van der Waals surface area contributed by atoms with Crippen LogP contribution in [-0.2, 0) is 6.42 Å². The van der Waals surface area contributed by atoms with Gasteiger partial charge in [-0.1, -0.05) is 18.2 Å². The van der Waals surface area contributed by atoms with Crippen LogP contribution in [0.1, 0.15) is 50.5 Å². The molecule has 1 aromatic heterocycles. The minimum atomic E-state index is -0.191. The molecule has 3 rings (SSSR count). The number of nitrogens with one attached hydrogen (secondary N) is 2. The van der Waals surface area contributed by atoms with Gasteiger partial charge in [-0.3, -0.25) is 9.59 Å². The molecule has 2 N–H and O–H groups in total. The summed E-state index contributed by atoms with van der Waals surface area (Å²) >= 11 is 0. The van der Waals surface area contributed by atoms with Crippen molar-refractivity contribution in [2.45, 2.75) is 33.1 Å². The Labute approximate surface area is 123 Å². The van der Waals surface area contributed by atoms with E-state index in [2.05, 4.69) is 10.3 Å². The van der Waals surface area contributed by atoms with Gasteiger partial charge in [0.2, 0.25) is 0 Å². The van der Waals surface area contributed by atoms with Crippen LogP contribution in [0.25, 0.3) is 0 Å². The van der Waals surface area contributed by atoms with Gasteiger partial charge in [0.1, 0.15) is 5.69 Å². The summed E-state index contributed by atoms with van der Waals surface area (Å²) in [6.07, 6.45) is 2.26. The molecule has 0 aliphatic heterocycles. The van der Waals surface area contributed by atoms with Crippen LogP contribution in [0.5, 0.6) is 0 Å². The molecule has 1 aromatic carbocycles. The Bertz CT molecular complexity index is 728.